The van der Waals surface area contributed by atoms with Crippen molar-refractivity contribution in [3.8, 4) is 0 Å². The molecule has 0 aliphatic heterocycles. The summed E-state index contributed by atoms with van der Waals surface area (Å²) in [6.07, 6.45) is 2.96. The number of nitrogens with zero attached hydrogens (tertiary/aromatic N) is 1. The zero-order valence-corrected chi connectivity index (χ0v) is 11.1. The maximum atomic E-state index is 12.1. The molecule has 0 saturated carbocycles. The molecule has 0 atom stereocenters. The van der Waals surface area contributed by atoms with Crippen LogP contribution >= 0.6 is 0 Å². The Balaban J connectivity index is 3.12. The molecule has 0 radical (unpaired) electrons. The van der Waals surface area contributed by atoms with Crippen molar-refractivity contribution in [3.05, 3.63) is 24.5 Å². The van der Waals surface area contributed by atoms with Gasteiger partial charge in [-0.25, -0.2) is 8.42 Å². The molecule has 1 aromatic rings. The van der Waals surface area contributed by atoms with E-state index in [2.05, 4.69) is 9.71 Å². The molecule has 0 unspecified atom stereocenters. The van der Waals surface area contributed by atoms with E-state index in [0.29, 0.717) is 0 Å². The molecule has 7 heteroatoms. The van der Waals surface area contributed by atoms with Crippen molar-refractivity contribution in [1.29, 1.82) is 0 Å². The Kier molecular flexibility index (Phi) is 4.42. The van der Waals surface area contributed by atoms with Crippen LogP contribution in [-0.4, -0.2) is 30.0 Å². The third-order valence-electron chi connectivity index (χ3n) is 2.89. The van der Waals surface area contributed by atoms with Crippen molar-refractivity contribution in [1.82, 2.24) is 9.71 Å². The lowest BCUT2D eigenvalue weighted by atomic mass is 9.95. The van der Waals surface area contributed by atoms with E-state index in [9.17, 15) is 18.3 Å². The first-order chi connectivity index (χ1) is 8.38. The smallest absolute Gasteiger partial charge is 0.324 e. The number of carbonyl (C=O) groups is 1. The minimum Gasteiger partial charge on any atom is -0.480 e. The molecule has 0 bridgehead atoms. The maximum absolute atomic E-state index is 12.1. The fourth-order valence-electron chi connectivity index (χ4n) is 1.56. The summed E-state index contributed by atoms with van der Waals surface area (Å²) in [7, 11) is -3.88. The van der Waals surface area contributed by atoms with Gasteiger partial charge in [0.1, 0.15) is 10.4 Å². The first-order valence-electron chi connectivity index (χ1n) is 5.55. The third-order valence-corrected chi connectivity index (χ3v) is 4.41. The molecule has 1 aromatic heterocycles. The molecule has 0 saturated heterocycles. The van der Waals surface area contributed by atoms with Crippen LogP contribution in [-0.2, 0) is 14.8 Å². The van der Waals surface area contributed by atoms with Gasteiger partial charge in [0, 0.05) is 12.4 Å². The molecule has 0 spiro atoms. The number of sulfonamides is 1. The summed E-state index contributed by atoms with van der Waals surface area (Å²) in [6.45, 7) is 3.26. The Morgan fingerprint density at radius 3 is 2.44 bits per heavy atom. The standard InChI is InChI=1S/C11H16N2O4S/c1-3-11(4-2,10(14)15)13-18(16,17)9-6-5-7-12-8-9/h5-8,13H,3-4H2,1-2H3,(H,14,15). The lowest BCUT2D eigenvalue weighted by Gasteiger charge is -2.27. The number of aromatic nitrogens is 1. The Labute approximate surface area is 106 Å². The van der Waals surface area contributed by atoms with Crippen LogP contribution in [0.4, 0.5) is 0 Å². The average Bonchev–Trinajstić information content (AvgIpc) is 2.37. The van der Waals surface area contributed by atoms with E-state index in [4.69, 9.17) is 0 Å². The minimum absolute atomic E-state index is 0.0440. The summed E-state index contributed by atoms with van der Waals surface area (Å²) in [5, 5.41) is 9.19. The number of hydrogen-bond donors (Lipinski definition) is 2. The summed E-state index contributed by atoms with van der Waals surface area (Å²) in [5.41, 5.74) is -1.48. The van der Waals surface area contributed by atoms with Crippen molar-refractivity contribution < 1.29 is 18.3 Å². The van der Waals surface area contributed by atoms with Gasteiger partial charge in [-0.1, -0.05) is 13.8 Å². The van der Waals surface area contributed by atoms with Crippen LogP contribution < -0.4 is 4.72 Å². The number of rotatable bonds is 6. The van der Waals surface area contributed by atoms with Crippen molar-refractivity contribution in [2.24, 2.45) is 0 Å². The van der Waals surface area contributed by atoms with E-state index in [-0.39, 0.29) is 17.7 Å². The summed E-state index contributed by atoms with van der Waals surface area (Å²) >= 11 is 0. The highest BCUT2D eigenvalue weighted by atomic mass is 32.2. The van der Waals surface area contributed by atoms with E-state index >= 15 is 0 Å². The number of carboxylic acid groups (broad SMARTS) is 1. The van der Waals surface area contributed by atoms with E-state index < -0.39 is 21.5 Å². The summed E-state index contributed by atoms with van der Waals surface area (Å²) < 4.78 is 26.4. The van der Waals surface area contributed by atoms with Crippen LogP contribution in [0.5, 0.6) is 0 Å². The molecule has 0 aliphatic carbocycles. The highest BCUT2D eigenvalue weighted by molar-refractivity contribution is 7.89. The summed E-state index contributed by atoms with van der Waals surface area (Å²) in [4.78, 5) is 14.9. The van der Waals surface area contributed by atoms with Gasteiger partial charge in [0.05, 0.1) is 0 Å². The second-order valence-corrected chi connectivity index (χ2v) is 5.57. The number of pyridine rings is 1. The quantitative estimate of drug-likeness (QED) is 0.805. The Hall–Kier alpha value is -1.47. The fraction of sp³-hybridized carbons (Fsp3) is 0.455. The van der Waals surface area contributed by atoms with Gasteiger partial charge < -0.3 is 5.11 Å². The number of carboxylic acids is 1. The van der Waals surface area contributed by atoms with E-state index in [0.717, 1.165) is 0 Å². The molecule has 1 rings (SSSR count). The van der Waals surface area contributed by atoms with Gasteiger partial charge >= 0.3 is 5.97 Å². The molecule has 0 aliphatic rings. The first-order valence-corrected chi connectivity index (χ1v) is 7.03. The van der Waals surface area contributed by atoms with Crippen molar-refractivity contribution in [2.75, 3.05) is 0 Å². The highest BCUT2D eigenvalue weighted by Gasteiger charge is 2.39. The number of aliphatic carboxylic acids is 1. The molecule has 6 nitrogen and oxygen atoms in total. The molecule has 0 amide bonds. The van der Waals surface area contributed by atoms with Crippen LogP contribution in [0.1, 0.15) is 26.7 Å². The Bertz CT molecular complexity index is 509. The van der Waals surface area contributed by atoms with Gasteiger partial charge in [0.25, 0.3) is 0 Å². The second-order valence-electron chi connectivity index (χ2n) is 3.89. The van der Waals surface area contributed by atoms with Gasteiger partial charge in [0.15, 0.2) is 0 Å². The van der Waals surface area contributed by atoms with E-state index in [1.54, 1.807) is 13.8 Å². The third kappa shape index (κ3) is 2.85. The highest BCUT2D eigenvalue weighted by Crippen LogP contribution is 2.19. The minimum atomic E-state index is -3.88. The zero-order valence-electron chi connectivity index (χ0n) is 10.3. The molecule has 0 fully saturated rings. The predicted molar refractivity (Wildman–Crippen MR) is 65.5 cm³/mol. The molecular formula is C11H16N2O4S. The predicted octanol–water partition coefficient (Wildman–Crippen LogP) is 1.00. The van der Waals surface area contributed by atoms with Gasteiger partial charge in [-0.05, 0) is 25.0 Å². The molecular weight excluding hydrogens is 256 g/mol. The molecule has 2 N–H and O–H groups in total. The van der Waals surface area contributed by atoms with Crippen molar-refractivity contribution in [3.63, 3.8) is 0 Å². The number of nitrogens with one attached hydrogen (secondary N) is 1. The summed E-state index contributed by atoms with van der Waals surface area (Å²) in [6, 6.07) is 2.85. The molecule has 18 heavy (non-hydrogen) atoms. The fourth-order valence-corrected chi connectivity index (χ4v) is 3.03. The summed E-state index contributed by atoms with van der Waals surface area (Å²) in [5.74, 6) is -1.18. The van der Waals surface area contributed by atoms with Crippen LogP contribution in [0.2, 0.25) is 0 Å². The second kappa shape index (κ2) is 5.45. The van der Waals surface area contributed by atoms with Gasteiger partial charge in [-0.15, -0.1) is 0 Å². The number of hydrogen-bond acceptors (Lipinski definition) is 4. The molecule has 100 valence electrons. The zero-order chi connectivity index (χ0) is 13.8. The largest absolute Gasteiger partial charge is 0.480 e. The van der Waals surface area contributed by atoms with Crippen LogP contribution in [0, 0.1) is 0 Å². The molecule has 1 heterocycles. The van der Waals surface area contributed by atoms with Crippen LogP contribution in [0.3, 0.4) is 0 Å². The van der Waals surface area contributed by atoms with Crippen LogP contribution in [0.25, 0.3) is 0 Å². The van der Waals surface area contributed by atoms with E-state index in [1.165, 1.54) is 24.5 Å². The Morgan fingerprint density at radius 2 is 2.06 bits per heavy atom. The van der Waals surface area contributed by atoms with Crippen LogP contribution in [0.15, 0.2) is 29.4 Å². The lowest BCUT2D eigenvalue weighted by Crippen LogP contribution is -2.53. The Morgan fingerprint density at radius 1 is 1.44 bits per heavy atom. The molecule has 0 aromatic carbocycles. The normalized spacial score (nSPS) is 12.3. The topological polar surface area (TPSA) is 96.4 Å². The van der Waals surface area contributed by atoms with E-state index in [1.807, 2.05) is 0 Å². The maximum Gasteiger partial charge on any atom is 0.324 e. The average molecular weight is 272 g/mol. The van der Waals surface area contributed by atoms with Gasteiger partial charge in [0.2, 0.25) is 10.0 Å². The SMILES string of the molecule is CCC(CC)(NS(=O)(=O)c1cccnc1)C(=O)O. The lowest BCUT2D eigenvalue weighted by molar-refractivity contribution is -0.144. The van der Waals surface area contributed by atoms with Crippen molar-refractivity contribution >= 4 is 16.0 Å². The monoisotopic (exact) mass is 272 g/mol. The van der Waals surface area contributed by atoms with Gasteiger partial charge in [-0.3, -0.25) is 9.78 Å². The van der Waals surface area contributed by atoms with Crippen molar-refractivity contribution in [2.45, 2.75) is 37.1 Å². The first kappa shape index (κ1) is 14.6. The van der Waals surface area contributed by atoms with Gasteiger partial charge in [-0.2, -0.15) is 4.72 Å².